The molecule has 0 aromatic heterocycles. The molecule has 1 N–H and O–H groups in total. The minimum atomic E-state index is 0.276. The van der Waals surface area contributed by atoms with Gasteiger partial charge in [0.2, 0.25) is 0 Å². The lowest BCUT2D eigenvalue weighted by atomic mass is 10.0. The zero-order valence-corrected chi connectivity index (χ0v) is 7.55. The Labute approximate surface area is 72.5 Å². The number of epoxide rings is 1. The molecule has 0 bridgehead atoms. The lowest BCUT2D eigenvalue weighted by molar-refractivity contribution is 0.224. The monoisotopic (exact) mass is 178 g/mol. The standard InChI is InChI=1S/C8H15ClO2/c1-6(5-10)2-3-7-8(4-9)11-7/h6-8,10H,2-5H2,1H3. The van der Waals surface area contributed by atoms with Crippen molar-refractivity contribution in [1.29, 1.82) is 0 Å². The van der Waals surface area contributed by atoms with E-state index in [9.17, 15) is 0 Å². The number of rotatable bonds is 5. The number of halogens is 1. The van der Waals surface area contributed by atoms with E-state index in [0.717, 1.165) is 12.8 Å². The topological polar surface area (TPSA) is 32.8 Å². The van der Waals surface area contributed by atoms with Gasteiger partial charge in [-0.2, -0.15) is 0 Å². The number of ether oxygens (including phenoxy) is 1. The van der Waals surface area contributed by atoms with Crippen LogP contribution in [0, 0.1) is 5.92 Å². The molecule has 0 amide bonds. The van der Waals surface area contributed by atoms with Gasteiger partial charge in [-0.05, 0) is 18.8 Å². The molecule has 1 fully saturated rings. The van der Waals surface area contributed by atoms with Crippen LogP contribution in [-0.2, 0) is 4.74 Å². The number of hydrogen-bond donors (Lipinski definition) is 1. The molecule has 0 spiro atoms. The van der Waals surface area contributed by atoms with Crippen LogP contribution in [0.5, 0.6) is 0 Å². The minimum absolute atomic E-state index is 0.276. The van der Waals surface area contributed by atoms with Crippen LogP contribution < -0.4 is 0 Å². The highest BCUT2D eigenvalue weighted by Crippen LogP contribution is 2.28. The molecule has 3 atom stereocenters. The first kappa shape index (κ1) is 9.30. The Morgan fingerprint density at radius 2 is 2.27 bits per heavy atom. The van der Waals surface area contributed by atoms with Crippen molar-refractivity contribution in [2.75, 3.05) is 12.5 Å². The van der Waals surface area contributed by atoms with Crippen molar-refractivity contribution in [1.82, 2.24) is 0 Å². The van der Waals surface area contributed by atoms with Gasteiger partial charge in [0, 0.05) is 6.61 Å². The van der Waals surface area contributed by atoms with Crippen LogP contribution in [0.4, 0.5) is 0 Å². The van der Waals surface area contributed by atoms with Crippen LogP contribution in [0.15, 0.2) is 0 Å². The van der Waals surface area contributed by atoms with Crippen molar-refractivity contribution in [3.05, 3.63) is 0 Å². The van der Waals surface area contributed by atoms with Crippen molar-refractivity contribution in [3.63, 3.8) is 0 Å². The number of alkyl halides is 1. The van der Waals surface area contributed by atoms with Gasteiger partial charge in [-0.15, -0.1) is 11.6 Å². The Morgan fingerprint density at radius 1 is 1.55 bits per heavy atom. The molecule has 0 aromatic rings. The molecule has 3 heteroatoms. The fourth-order valence-electron chi connectivity index (χ4n) is 1.11. The second kappa shape index (κ2) is 4.29. The molecule has 1 rings (SSSR count). The van der Waals surface area contributed by atoms with Crippen LogP contribution in [-0.4, -0.2) is 29.8 Å². The largest absolute Gasteiger partial charge is 0.396 e. The summed E-state index contributed by atoms with van der Waals surface area (Å²) < 4.78 is 5.25. The summed E-state index contributed by atoms with van der Waals surface area (Å²) in [4.78, 5) is 0. The summed E-state index contributed by atoms with van der Waals surface area (Å²) in [7, 11) is 0. The third kappa shape index (κ3) is 2.97. The normalized spacial score (nSPS) is 31.9. The summed E-state index contributed by atoms with van der Waals surface area (Å²) >= 11 is 5.57. The number of hydrogen-bond acceptors (Lipinski definition) is 2. The predicted molar refractivity (Wildman–Crippen MR) is 44.9 cm³/mol. The molecule has 0 radical (unpaired) electrons. The van der Waals surface area contributed by atoms with Crippen LogP contribution >= 0.6 is 11.6 Å². The molecule has 0 saturated carbocycles. The van der Waals surface area contributed by atoms with Gasteiger partial charge in [0.05, 0.1) is 18.1 Å². The SMILES string of the molecule is CC(CO)CCC1OC1CCl. The second-order valence-corrected chi connectivity index (χ2v) is 3.54. The van der Waals surface area contributed by atoms with E-state index >= 15 is 0 Å². The fourth-order valence-corrected chi connectivity index (χ4v) is 1.38. The van der Waals surface area contributed by atoms with E-state index in [2.05, 4.69) is 0 Å². The summed E-state index contributed by atoms with van der Waals surface area (Å²) in [5, 5.41) is 8.72. The first-order valence-corrected chi connectivity index (χ1v) is 4.63. The molecule has 1 saturated heterocycles. The second-order valence-electron chi connectivity index (χ2n) is 3.23. The van der Waals surface area contributed by atoms with Gasteiger partial charge >= 0.3 is 0 Å². The van der Waals surface area contributed by atoms with Crippen molar-refractivity contribution in [2.24, 2.45) is 5.92 Å². The maximum atomic E-state index is 8.72. The molecular formula is C8H15ClO2. The van der Waals surface area contributed by atoms with Gasteiger partial charge < -0.3 is 9.84 Å². The minimum Gasteiger partial charge on any atom is -0.396 e. The molecular weight excluding hydrogens is 164 g/mol. The molecule has 11 heavy (non-hydrogen) atoms. The van der Waals surface area contributed by atoms with E-state index in [1.165, 1.54) is 0 Å². The van der Waals surface area contributed by atoms with Crippen LogP contribution in [0.25, 0.3) is 0 Å². The highest BCUT2D eigenvalue weighted by molar-refractivity contribution is 6.18. The summed E-state index contributed by atoms with van der Waals surface area (Å²) in [5.74, 6) is 1.01. The molecule has 1 aliphatic rings. The molecule has 1 aliphatic heterocycles. The van der Waals surface area contributed by atoms with E-state index in [1.807, 2.05) is 6.92 Å². The van der Waals surface area contributed by atoms with Gasteiger partial charge in [-0.1, -0.05) is 6.92 Å². The highest BCUT2D eigenvalue weighted by Gasteiger charge is 2.37. The van der Waals surface area contributed by atoms with Crippen molar-refractivity contribution in [2.45, 2.75) is 32.0 Å². The first-order valence-electron chi connectivity index (χ1n) is 4.10. The summed E-state index contributed by atoms with van der Waals surface area (Å²) in [6, 6.07) is 0. The highest BCUT2D eigenvalue weighted by atomic mass is 35.5. The maximum absolute atomic E-state index is 8.72. The van der Waals surface area contributed by atoms with Crippen molar-refractivity contribution < 1.29 is 9.84 Å². The molecule has 2 nitrogen and oxygen atoms in total. The van der Waals surface area contributed by atoms with E-state index < -0.39 is 0 Å². The van der Waals surface area contributed by atoms with E-state index in [0.29, 0.717) is 24.0 Å². The van der Waals surface area contributed by atoms with Gasteiger partial charge in [-0.25, -0.2) is 0 Å². The summed E-state index contributed by atoms with van der Waals surface area (Å²) in [6.07, 6.45) is 2.75. The maximum Gasteiger partial charge on any atom is 0.0976 e. The molecule has 0 aromatic carbocycles. The van der Waals surface area contributed by atoms with Gasteiger partial charge in [0.1, 0.15) is 0 Å². The fraction of sp³-hybridized carbons (Fsp3) is 1.00. The van der Waals surface area contributed by atoms with E-state index in [-0.39, 0.29) is 6.61 Å². The smallest absolute Gasteiger partial charge is 0.0976 e. The van der Waals surface area contributed by atoms with Crippen molar-refractivity contribution >= 4 is 11.6 Å². The summed E-state index contributed by atoms with van der Waals surface area (Å²) in [6.45, 7) is 2.32. The van der Waals surface area contributed by atoms with Crippen molar-refractivity contribution in [3.8, 4) is 0 Å². The lowest BCUT2D eigenvalue weighted by Gasteiger charge is -2.04. The Bertz CT molecular complexity index is 119. The Morgan fingerprint density at radius 3 is 2.73 bits per heavy atom. The number of aliphatic hydroxyl groups excluding tert-OH is 1. The quantitative estimate of drug-likeness (QED) is 0.510. The Hall–Kier alpha value is 0.210. The molecule has 66 valence electrons. The third-order valence-electron chi connectivity index (χ3n) is 2.10. The lowest BCUT2D eigenvalue weighted by Crippen LogP contribution is -2.03. The Balaban J connectivity index is 1.97. The predicted octanol–water partition coefficient (Wildman–Crippen LogP) is 1.40. The molecule has 3 unspecified atom stereocenters. The van der Waals surface area contributed by atoms with Crippen LogP contribution in [0.2, 0.25) is 0 Å². The third-order valence-corrected chi connectivity index (χ3v) is 2.40. The van der Waals surface area contributed by atoms with Crippen LogP contribution in [0.3, 0.4) is 0 Å². The molecule has 0 aliphatic carbocycles. The first-order chi connectivity index (χ1) is 5.27. The van der Waals surface area contributed by atoms with Crippen LogP contribution in [0.1, 0.15) is 19.8 Å². The van der Waals surface area contributed by atoms with E-state index in [4.69, 9.17) is 21.4 Å². The summed E-state index contributed by atoms with van der Waals surface area (Å²) in [5.41, 5.74) is 0. The van der Waals surface area contributed by atoms with Gasteiger partial charge in [0.25, 0.3) is 0 Å². The van der Waals surface area contributed by atoms with Gasteiger partial charge in [0.15, 0.2) is 0 Å². The number of aliphatic hydroxyl groups is 1. The average Bonchev–Trinajstić information content (AvgIpc) is 2.78. The van der Waals surface area contributed by atoms with Gasteiger partial charge in [-0.3, -0.25) is 0 Å². The molecule has 1 heterocycles. The van der Waals surface area contributed by atoms with E-state index in [1.54, 1.807) is 0 Å². The Kier molecular flexibility index (Phi) is 3.63. The zero-order chi connectivity index (χ0) is 8.27. The zero-order valence-electron chi connectivity index (χ0n) is 6.79. The average molecular weight is 179 g/mol.